The molecular formula is C20H26N2O3. The fourth-order valence-corrected chi connectivity index (χ4v) is 2.81. The Labute approximate surface area is 149 Å². The van der Waals surface area contributed by atoms with Crippen molar-refractivity contribution in [3.8, 4) is 11.5 Å². The van der Waals surface area contributed by atoms with Gasteiger partial charge in [0.15, 0.2) is 0 Å². The highest BCUT2D eigenvalue weighted by Crippen LogP contribution is 2.24. The van der Waals surface area contributed by atoms with Gasteiger partial charge in [0.1, 0.15) is 11.5 Å². The highest BCUT2D eigenvalue weighted by atomic mass is 16.5. The van der Waals surface area contributed by atoms with Gasteiger partial charge in [-0.25, -0.2) is 0 Å². The van der Waals surface area contributed by atoms with E-state index in [1.165, 1.54) is 5.56 Å². The molecule has 0 saturated carbocycles. The van der Waals surface area contributed by atoms with Crippen LogP contribution in [0.1, 0.15) is 22.3 Å². The standard InChI is InChI=1S/C20H26N2O3/c1-22(17(9-10-21)11-15-7-5-4-6-8-15)20(23)16-12-18(24-2)14-19(13-16)25-3/h4-8,12-14,17H,9-11,21H2,1-3H3. The van der Waals surface area contributed by atoms with Crippen LogP contribution in [0.4, 0.5) is 0 Å². The highest BCUT2D eigenvalue weighted by molar-refractivity contribution is 5.95. The zero-order chi connectivity index (χ0) is 18.2. The molecule has 2 aromatic rings. The van der Waals surface area contributed by atoms with Gasteiger partial charge >= 0.3 is 0 Å². The predicted molar refractivity (Wildman–Crippen MR) is 99.2 cm³/mol. The molecule has 0 aliphatic heterocycles. The lowest BCUT2D eigenvalue weighted by Crippen LogP contribution is -2.39. The number of amides is 1. The van der Waals surface area contributed by atoms with Crippen LogP contribution in [0.3, 0.4) is 0 Å². The molecule has 0 bridgehead atoms. The first-order valence-electron chi connectivity index (χ1n) is 8.33. The van der Waals surface area contributed by atoms with Gasteiger partial charge in [0.2, 0.25) is 0 Å². The third-order valence-electron chi connectivity index (χ3n) is 4.28. The van der Waals surface area contributed by atoms with Crippen molar-refractivity contribution in [3.63, 3.8) is 0 Å². The first-order valence-corrected chi connectivity index (χ1v) is 8.33. The Morgan fingerprint density at radius 1 is 1.08 bits per heavy atom. The third kappa shape index (κ3) is 4.97. The summed E-state index contributed by atoms with van der Waals surface area (Å²) in [6, 6.07) is 15.3. The van der Waals surface area contributed by atoms with Gasteiger partial charge in [-0.15, -0.1) is 0 Å². The second-order valence-electron chi connectivity index (χ2n) is 5.94. The van der Waals surface area contributed by atoms with Crippen molar-refractivity contribution in [2.45, 2.75) is 18.9 Å². The van der Waals surface area contributed by atoms with Crippen molar-refractivity contribution in [1.29, 1.82) is 0 Å². The maximum atomic E-state index is 13.0. The molecule has 134 valence electrons. The van der Waals surface area contributed by atoms with E-state index >= 15 is 0 Å². The van der Waals surface area contributed by atoms with Crippen molar-refractivity contribution >= 4 is 5.91 Å². The fraction of sp³-hybridized carbons (Fsp3) is 0.350. The van der Waals surface area contributed by atoms with E-state index in [0.717, 1.165) is 12.8 Å². The molecule has 0 aromatic heterocycles. The number of hydrogen-bond acceptors (Lipinski definition) is 4. The van der Waals surface area contributed by atoms with Crippen LogP contribution in [0.5, 0.6) is 11.5 Å². The Morgan fingerprint density at radius 2 is 1.68 bits per heavy atom. The summed E-state index contributed by atoms with van der Waals surface area (Å²) in [5, 5.41) is 0. The molecule has 2 N–H and O–H groups in total. The molecule has 1 unspecified atom stereocenters. The van der Waals surface area contributed by atoms with Crippen molar-refractivity contribution in [3.05, 3.63) is 59.7 Å². The summed E-state index contributed by atoms with van der Waals surface area (Å²) in [6.07, 6.45) is 1.50. The smallest absolute Gasteiger partial charge is 0.254 e. The number of benzene rings is 2. The van der Waals surface area contributed by atoms with E-state index in [1.807, 2.05) is 25.2 Å². The SMILES string of the molecule is COc1cc(OC)cc(C(=O)N(C)C(CCN)Cc2ccccc2)c1. The van der Waals surface area contributed by atoms with E-state index < -0.39 is 0 Å². The number of nitrogens with two attached hydrogens (primary N) is 1. The van der Waals surface area contributed by atoms with E-state index in [0.29, 0.717) is 23.6 Å². The number of hydrogen-bond donors (Lipinski definition) is 1. The Morgan fingerprint density at radius 3 is 2.20 bits per heavy atom. The van der Waals surface area contributed by atoms with Gasteiger partial charge in [-0.05, 0) is 37.1 Å². The van der Waals surface area contributed by atoms with Crippen molar-refractivity contribution in [1.82, 2.24) is 4.90 Å². The Kier molecular flexibility index (Phi) is 6.83. The average Bonchev–Trinajstić information content (AvgIpc) is 2.66. The van der Waals surface area contributed by atoms with Gasteiger partial charge in [0.25, 0.3) is 5.91 Å². The molecule has 2 rings (SSSR count). The van der Waals surface area contributed by atoms with Crippen LogP contribution in [0, 0.1) is 0 Å². The second-order valence-corrected chi connectivity index (χ2v) is 5.94. The van der Waals surface area contributed by atoms with Crippen LogP contribution in [-0.2, 0) is 6.42 Å². The predicted octanol–water partition coefficient (Wildman–Crippen LogP) is 2.74. The van der Waals surface area contributed by atoms with Gasteiger partial charge in [0.05, 0.1) is 14.2 Å². The van der Waals surface area contributed by atoms with E-state index in [4.69, 9.17) is 15.2 Å². The van der Waals surface area contributed by atoms with Gasteiger partial charge in [0, 0.05) is 24.7 Å². The molecular weight excluding hydrogens is 316 g/mol. The largest absolute Gasteiger partial charge is 0.497 e. The zero-order valence-electron chi connectivity index (χ0n) is 15.1. The monoisotopic (exact) mass is 342 g/mol. The minimum Gasteiger partial charge on any atom is -0.497 e. The number of carbonyl (C=O) groups is 1. The lowest BCUT2D eigenvalue weighted by atomic mass is 10.0. The highest BCUT2D eigenvalue weighted by Gasteiger charge is 2.22. The molecule has 0 heterocycles. The van der Waals surface area contributed by atoms with E-state index in [1.54, 1.807) is 37.3 Å². The minimum absolute atomic E-state index is 0.0251. The van der Waals surface area contributed by atoms with Crippen molar-refractivity contribution in [2.75, 3.05) is 27.8 Å². The summed E-state index contributed by atoms with van der Waals surface area (Å²) < 4.78 is 10.5. The molecule has 0 spiro atoms. The summed E-state index contributed by atoms with van der Waals surface area (Å²) in [5.41, 5.74) is 7.49. The first kappa shape index (κ1) is 18.8. The van der Waals surface area contributed by atoms with Gasteiger partial charge in [-0.3, -0.25) is 4.79 Å². The third-order valence-corrected chi connectivity index (χ3v) is 4.28. The quantitative estimate of drug-likeness (QED) is 0.801. The van der Waals surface area contributed by atoms with E-state index in [-0.39, 0.29) is 11.9 Å². The number of likely N-dealkylation sites (N-methyl/N-ethyl adjacent to an activating group) is 1. The average molecular weight is 342 g/mol. The summed E-state index contributed by atoms with van der Waals surface area (Å²) in [5.74, 6) is 1.11. The fourth-order valence-electron chi connectivity index (χ4n) is 2.81. The maximum Gasteiger partial charge on any atom is 0.254 e. The van der Waals surface area contributed by atoms with Crippen molar-refractivity contribution in [2.24, 2.45) is 5.73 Å². The number of methoxy groups -OCH3 is 2. The zero-order valence-corrected chi connectivity index (χ0v) is 15.1. The Bertz CT molecular complexity index is 666. The van der Waals surface area contributed by atoms with Crippen LogP contribution in [0.2, 0.25) is 0 Å². The molecule has 0 aliphatic rings. The van der Waals surface area contributed by atoms with Crippen LogP contribution in [-0.4, -0.2) is 44.7 Å². The number of nitrogens with zero attached hydrogens (tertiary/aromatic N) is 1. The molecule has 0 saturated heterocycles. The molecule has 1 atom stereocenters. The number of ether oxygens (including phenoxy) is 2. The van der Waals surface area contributed by atoms with E-state index in [2.05, 4.69) is 12.1 Å². The molecule has 5 heteroatoms. The Balaban J connectivity index is 2.23. The first-order chi connectivity index (χ1) is 12.1. The molecule has 1 amide bonds. The second kappa shape index (κ2) is 9.08. The Hall–Kier alpha value is -2.53. The maximum absolute atomic E-state index is 13.0. The van der Waals surface area contributed by atoms with Crippen LogP contribution in [0.15, 0.2) is 48.5 Å². The summed E-state index contributed by atoms with van der Waals surface area (Å²) in [6.45, 7) is 0.524. The van der Waals surface area contributed by atoms with Gasteiger partial charge < -0.3 is 20.1 Å². The summed E-state index contributed by atoms with van der Waals surface area (Å²) in [7, 11) is 4.95. The number of carbonyl (C=O) groups excluding carboxylic acids is 1. The van der Waals surface area contributed by atoms with Crippen LogP contribution >= 0.6 is 0 Å². The van der Waals surface area contributed by atoms with Crippen molar-refractivity contribution < 1.29 is 14.3 Å². The van der Waals surface area contributed by atoms with E-state index in [9.17, 15) is 4.79 Å². The molecule has 0 fully saturated rings. The topological polar surface area (TPSA) is 64.8 Å². The van der Waals surface area contributed by atoms with Crippen LogP contribution < -0.4 is 15.2 Å². The minimum atomic E-state index is -0.0772. The van der Waals surface area contributed by atoms with Gasteiger partial charge in [-0.2, -0.15) is 0 Å². The molecule has 0 radical (unpaired) electrons. The lowest BCUT2D eigenvalue weighted by molar-refractivity contribution is 0.0724. The van der Waals surface area contributed by atoms with Crippen LogP contribution in [0.25, 0.3) is 0 Å². The molecule has 0 aliphatic carbocycles. The number of rotatable bonds is 8. The molecule has 5 nitrogen and oxygen atoms in total. The summed E-state index contributed by atoms with van der Waals surface area (Å²) >= 11 is 0. The lowest BCUT2D eigenvalue weighted by Gasteiger charge is -2.28. The van der Waals surface area contributed by atoms with Gasteiger partial charge in [-0.1, -0.05) is 30.3 Å². The summed E-state index contributed by atoms with van der Waals surface area (Å²) in [4.78, 5) is 14.7. The molecule has 25 heavy (non-hydrogen) atoms. The normalized spacial score (nSPS) is 11.7. The molecule has 2 aromatic carbocycles.